The third kappa shape index (κ3) is 1.31. The number of H-pyrrole nitrogens is 1. The molecule has 0 atom stereocenters. The first-order valence-electron chi connectivity index (χ1n) is 3.19. The van der Waals surface area contributed by atoms with Gasteiger partial charge in [-0.15, -0.1) is 0 Å². The SMILES string of the molecule is CCCn1[nH]cc(Br)c1=O. The van der Waals surface area contributed by atoms with E-state index in [0.29, 0.717) is 4.47 Å². The molecule has 0 saturated carbocycles. The van der Waals surface area contributed by atoms with Crippen LogP contribution >= 0.6 is 15.9 Å². The molecule has 10 heavy (non-hydrogen) atoms. The molecule has 0 amide bonds. The molecule has 0 unspecified atom stereocenters. The van der Waals surface area contributed by atoms with Crippen LogP contribution in [0.25, 0.3) is 0 Å². The number of aromatic amines is 1. The summed E-state index contributed by atoms with van der Waals surface area (Å²) in [4.78, 5) is 11.0. The summed E-state index contributed by atoms with van der Waals surface area (Å²) < 4.78 is 2.17. The predicted molar refractivity (Wildman–Crippen MR) is 43.0 cm³/mol. The van der Waals surface area contributed by atoms with Gasteiger partial charge in [-0.1, -0.05) is 6.92 Å². The molecule has 0 aliphatic rings. The Labute approximate surface area is 67.2 Å². The van der Waals surface area contributed by atoms with Gasteiger partial charge in [-0.25, -0.2) is 0 Å². The number of nitrogens with one attached hydrogen (secondary N) is 1. The molecule has 0 spiro atoms. The van der Waals surface area contributed by atoms with Gasteiger partial charge in [0.1, 0.15) is 4.47 Å². The molecular formula is C6H9BrN2O. The molecule has 1 N–H and O–H groups in total. The van der Waals surface area contributed by atoms with Gasteiger partial charge in [0.05, 0.1) is 0 Å². The first kappa shape index (κ1) is 7.60. The number of rotatable bonds is 2. The smallest absolute Gasteiger partial charge is 0.280 e. The third-order valence-electron chi connectivity index (χ3n) is 1.24. The van der Waals surface area contributed by atoms with E-state index in [4.69, 9.17) is 0 Å². The molecule has 4 heteroatoms. The number of aryl methyl sites for hydroxylation is 1. The summed E-state index contributed by atoms with van der Waals surface area (Å²) in [6, 6.07) is 0. The molecule has 3 nitrogen and oxygen atoms in total. The fraction of sp³-hybridized carbons (Fsp3) is 0.500. The largest absolute Gasteiger partial charge is 0.302 e. The molecule has 0 bridgehead atoms. The quantitative estimate of drug-likeness (QED) is 0.777. The highest BCUT2D eigenvalue weighted by molar-refractivity contribution is 9.10. The maximum absolute atomic E-state index is 11.0. The highest BCUT2D eigenvalue weighted by atomic mass is 79.9. The topological polar surface area (TPSA) is 37.8 Å². The Morgan fingerprint density at radius 3 is 2.90 bits per heavy atom. The van der Waals surface area contributed by atoms with Crippen LogP contribution in [0, 0.1) is 0 Å². The van der Waals surface area contributed by atoms with Crippen molar-refractivity contribution in [3.63, 3.8) is 0 Å². The van der Waals surface area contributed by atoms with Crippen LogP contribution in [0.4, 0.5) is 0 Å². The normalized spacial score (nSPS) is 10.2. The van der Waals surface area contributed by atoms with Gasteiger partial charge in [-0.2, -0.15) is 0 Å². The van der Waals surface area contributed by atoms with Gasteiger partial charge in [0.15, 0.2) is 0 Å². The Morgan fingerprint density at radius 2 is 2.50 bits per heavy atom. The molecule has 0 aliphatic carbocycles. The van der Waals surface area contributed by atoms with E-state index in [0.717, 1.165) is 13.0 Å². The molecule has 1 heterocycles. The van der Waals surface area contributed by atoms with Crippen molar-refractivity contribution in [2.75, 3.05) is 0 Å². The van der Waals surface area contributed by atoms with Crippen LogP contribution in [-0.2, 0) is 6.54 Å². The van der Waals surface area contributed by atoms with Gasteiger partial charge in [0.2, 0.25) is 0 Å². The van der Waals surface area contributed by atoms with E-state index in [1.54, 1.807) is 10.9 Å². The van der Waals surface area contributed by atoms with Crippen molar-refractivity contribution in [2.24, 2.45) is 0 Å². The maximum Gasteiger partial charge on any atom is 0.280 e. The summed E-state index contributed by atoms with van der Waals surface area (Å²) in [6.07, 6.45) is 2.62. The van der Waals surface area contributed by atoms with Crippen molar-refractivity contribution in [3.8, 4) is 0 Å². The molecule has 0 aliphatic heterocycles. The Balaban J connectivity index is 2.95. The standard InChI is InChI=1S/C6H9BrN2O/c1-2-3-9-6(10)5(7)4-8-9/h4,8H,2-3H2,1H3. The average molecular weight is 205 g/mol. The van der Waals surface area contributed by atoms with Gasteiger partial charge in [0, 0.05) is 12.7 Å². The van der Waals surface area contributed by atoms with Gasteiger partial charge in [0.25, 0.3) is 5.56 Å². The molecule has 1 rings (SSSR count). The molecule has 56 valence electrons. The van der Waals surface area contributed by atoms with Gasteiger partial charge >= 0.3 is 0 Å². The first-order chi connectivity index (χ1) is 4.75. The Hall–Kier alpha value is -0.510. The van der Waals surface area contributed by atoms with E-state index < -0.39 is 0 Å². The first-order valence-corrected chi connectivity index (χ1v) is 3.98. The second-order valence-electron chi connectivity index (χ2n) is 2.08. The van der Waals surface area contributed by atoms with Gasteiger partial charge in [-0.05, 0) is 22.4 Å². The number of nitrogens with zero attached hydrogens (tertiary/aromatic N) is 1. The maximum atomic E-state index is 11.0. The summed E-state index contributed by atoms with van der Waals surface area (Å²) in [5.74, 6) is 0. The van der Waals surface area contributed by atoms with E-state index >= 15 is 0 Å². The van der Waals surface area contributed by atoms with Crippen LogP contribution in [0.15, 0.2) is 15.5 Å². The lowest BCUT2D eigenvalue weighted by Crippen LogP contribution is -2.16. The highest BCUT2D eigenvalue weighted by Gasteiger charge is 1.99. The monoisotopic (exact) mass is 204 g/mol. The van der Waals surface area contributed by atoms with Crippen molar-refractivity contribution < 1.29 is 0 Å². The van der Waals surface area contributed by atoms with Crippen molar-refractivity contribution in [2.45, 2.75) is 19.9 Å². The van der Waals surface area contributed by atoms with E-state index in [1.165, 1.54) is 0 Å². The second kappa shape index (κ2) is 3.05. The summed E-state index contributed by atoms with van der Waals surface area (Å²) in [6.45, 7) is 2.78. The van der Waals surface area contributed by atoms with E-state index in [2.05, 4.69) is 21.0 Å². The van der Waals surface area contributed by atoms with E-state index in [-0.39, 0.29) is 5.56 Å². The van der Waals surface area contributed by atoms with Crippen molar-refractivity contribution in [1.29, 1.82) is 0 Å². The zero-order valence-corrected chi connectivity index (χ0v) is 7.31. The van der Waals surface area contributed by atoms with Crippen LogP contribution in [-0.4, -0.2) is 9.78 Å². The summed E-state index contributed by atoms with van der Waals surface area (Å²) in [7, 11) is 0. The van der Waals surface area contributed by atoms with Crippen LogP contribution in [0.1, 0.15) is 13.3 Å². The van der Waals surface area contributed by atoms with Gasteiger partial charge in [-0.3, -0.25) is 9.48 Å². The lowest BCUT2D eigenvalue weighted by atomic mass is 10.5. The zero-order chi connectivity index (χ0) is 7.56. The van der Waals surface area contributed by atoms with Gasteiger partial charge < -0.3 is 5.10 Å². The lowest BCUT2D eigenvalue weighted by molar-refractivity contribution is 0.585. The zero-order valence-electron chi connectivity index (χ0n) is 5.72. The molecule has 0 radical (unpaired) electrons. The van der Waals surface area contributed by atoms with Crippen molar-refractivity contribution in [1.82, 2.24) is 9.78 Å². The highest BCUT2D eigenvalue weighted by Crippen LogP contribution is 1.98. The predicted octanol–water partition coefficient (Wildman–Crippen LogP) is 1.35. The van der Waals surface area contributed by atoms with E-state index in [1.807, 2.05) is 6.92 Å². The second-order valence-corrected chi connectivity index (χ2v) is 2.93. The third-order valence-corrected chi connectivity index (χ3v) is 1.81. The van der Waals surface area contributed by atoms with Crippen LogP contribution in [0.3, 0.4) is 0 Å². The summed E-state index contributed by atoms with van der Waals surface area (Å²) >= 11 is 3.12. The van der Waals surface area contributed by atoms with Crippen molar-refractivity contribution in [3.05, 3.63) is 21.0 Å². The fourth-order valence-electron chi connectivity index (χ4n) is 0.774. The van der Waals surface area contributed by atoms with Crippen molar-refractivity contribution >= 4 is 15.9 Å². The number of aromatic nitrogens is 2. The Kier molecular flexibility index (Phi) is 2.32. The molecular weight excluding hydrogens is 196 g/mol. The molecule has 0 aromatic carbocycles. The number of hydrogen-bond donors (Lipinski definition) is 1. The minimum absolute atomic E-state index is 0.0156. The van der Waals surface area contributed by atoms with Crippen LogP contribution in [0.5, 0.6) is 0 Å². The Morgan fingerprint density at radius 1 is 1.80 bits per heavy atom. The lowest BCUT2D eigenvalue weighted by Gasteiger charge is -1.94. The fourth-order valence-corrected chi connectivity index (χ4v) is 1.09. The molecule has 1 aromatic heterocycles. The number of halogens is 1. The Bertz CT molecular complexity index is 263. The summed E-state index contributed by atoms with van der Waals surface area (Å²) in [5, 5.41) is 2.83. The van der Waals surface area contributed by atoms with E-state index in [9.17, 15) is 4.79 Å². The number of hydrogen-bond acceptors (Lipinski definition) is 1. The minimum atomic E-state index is 0.0156. The minimum Gasteiger partial charge on any atom is -0.302 e. The summed E-state index contributed by atoms with van der Waals surface area (Å²) in [5.41, 5.74) is 0.0156. The molecule has 0 fully saturated rings. The average Bonchev–Trinajstić information content (AvgIpc) is 2.20. The van der Waals surface area contributed by atoms with Crippen LogP contribution < -0.4 is 5.56 Å². The molecule has 0 saturated heterocycles. The molecule has 1 aromatic rings. The van der Waals surface area contributed by atoms with Crippen LogP contribution in [0.2, 0.25) is 0 Å².